The van der Waals surface area contributed by atoms with E-state index in [0.717, 1.165) is 0 Å². The molecule has 0 aliphatic heterocycles. The van der Waals surface area contributed by atoms with Gasteiger partial charge in [0.15, 0.2) is 0 Å². The Morgan fingerprint density at radius 3 is 2.68 bits per heavy atom. The largest absolute Gasteiger partial charge is 0.331 e. The molecule has 0 aliphatic carbocycles. The second-order valence-electron chi connectivity index (χ2n) is 4.00. The van der Waals surface area contributed by atoms with E-state index >= 15 is 0 Å². The van der Waals surface area contributed by atoms with Crippen LogP contribution in [0.4, 0.5) is 11.6 Å². The van der Waals surface area contributed by atoms with Crippen LogP contribution < -0.4 is 5.32 Å². The van der Waals surface area contributed by atoms with Crippen molar-refractivity contribution in [3.8, 4) is 0 Å². The first-order valence-electron chi connectivity index (χ1n) is 5.40. The van der Waals surface area contributed by atoms with Crippen molar-refractivity contribution < 1.29 is 8.42 Å². The molecule has 0 saturated carbocycles. The fourth-order valence-electron chi connectivity index (χ4n) is 1.45. The molecule has 0 bridgehead atoms. The van der Waals surface area contributed by atoms with Crippen LogP contribution in [0.3, 0.4) is 0 Å². The van der Waals surface area contributed by atoms with Crippen LogP contribution in [-0.4, -0.2) is 36.8 Å². The Hall–Kier alpha value is -1.38. The maximum absolute atomic E-state index is 12.2. The molecule has 1 heterocycles. The summed E-state index contributed by atoms with van der Waals surface area (Å²) in [5, 5.41) is 2.99. The minimum atomic E-state index is -3.49. The Kier molecular flexibility index (Phi) is 3.93. The Morgan fingerprint density at radius 2 is 2.11 bits per heavy atom. The van der Waals surface area contributed by atoms with Gasteiger partial charge in [0.05, 0.1) is 4.90 Å². The molecule has 19 heavy (non-hydrogen) atoms. The van der Waals surface area contributed by atoms with Gasteiger partial charge in [-0.1, -0.05) is 0 Å². The smallest absolute Gasteiger partial charge is 0.243 e. The van der Waals surface area contributed by atoms with Gasteiger partial charge in [0, 0.05) is 36.6 Å². The van der Waals surface area contributed by atoms with Gasteiger partial charge < -0.3 is 10.3 Å². The number of imidazole rings is 1. The number of nitrogens with zero attached hydrogens (tertiary/aromatic N) is 2. The summed E-state index contributed by atoms with van der Waals surface area (Å²) in [4.78, 5) is 7.11. The van der Waals surface area contributed by atoms with Crippen LogP contribution in [0.25, 0.3) is 0 Å². The van der Waals surface area contributed by atoms with Crippen molar-refractivity contribution >= 4 is 37.6 Å². The SMILES string of the molecule is CN(C)S(=O)(=O)c1cc(Nc2ncc[nH]2)ccc1Br. The van der Waals surface area contributed by atoms with Crippen LogP contribution in [0.1, 0.15) is 0 Å². The number of aromatic nitrogens is 2. The molecule has 1 aromatic carbocycles. The Bertz CT molecular complexity index is 668. The normalized spacial score (nSPS) is 11.8. The molecule has 8 heteroatoms. The summed E-state index contributed by atoms with van der Waals surface area (Å²) in [6.07, 6.45) is 3.29. The second kappa shape index (κ2) is 5.32. The van der Waals surface area contributed by atoms with Crippen LogP contribution in [0.5, 0.6) is 0 Å². The highest BCUT2D eigenvalue weighted by molar-refractivity contribution is 9.10. The van der Waals surface area contributed by atoms with Crippen molar-refractivity contribution in [3.63, 3.8) is 0 Å². The molecular weight excluding hydrogens is 332 g/mol. The van der Waals surface area contributed by atoms with E-state index in [1.807, 2.05) is 0 Å². The Morgan fingerprint density at radius 1 is 1.37 bits per heavy atom. The van der Waals surface area contributed by atoms with E-state index in [1.54, 1.807) is 30.6 Å². The molecule has 2 aromatic rings. The molecule has 0 amide bonds. The molecule has 6 nitrogen and oxygen atoms in total. The van der Waals surface area contributed by atoms with Crippen LogP contribution >= 0.6 is 15.9 Å². The molecule has 0 unspecified atom stereocenters. The quantitative estimate of drug-likeness (QED) is 0.890. The minimum Gasteiger partial charge on any atom is -0.331 e. The number of hydrogen-bond acceptors (Lipinski definition) is 4. The molecule has 2 N–H and O–H groups in total. The van der Waals surface area contributed by atoms with Gasteiger partial charge in [0.1, 0.15) is 0 Å². The second-order valence-corrected chi connectivity index (χ2v) is 6.97. The van der Waals surface area contributed by atoms with Gasteiger partial charge in [0.25, 0.3) is 0 Å². The van der Waals surface area contributed by atoms with Crippen molar-refractivity contribution in [2.24, 2.45) is 0 Å². The summed E-state index contributed by atoms with van der Waals surface area (Å²) >= 11 is 3.26. The average Bonchev–Trinajstić information content (AvgIpc) is 2.84. The summed E-state index contributed by atoms with van der Waals surface area (Å²) in [7, 11) is -0.504. The lowest BCUT2D eigenvalue weighted by Gasteiger charge is -2.14. The molecule has 0 atom stereocenters. The molecule has 0 aliphatic rings. The fraction of sp³-hybridized carbons (Fsp3) is 0.182. The maximum Gasteiger partial charge on any atom is 0.243 e. The van der Waals surface area contributed by atoms with E-state index in [0.29, 0.717) is 16.1 Å². The molecule has 1 aromatic heterocycles. The van der Waals surface area contributed by atoms with Gasteiger partial charge >= 0.3 is 0 Å². The summed E-state index contributed by atoms with van der Waals surface area (Å²) in [6, 6.07) is 5.00. The van der Waals surface area contributed by atoms with E-state index in [-0.39, 0.29) is 4.90 Å². The predicted octanol–water partition coefficient (Wildman–Crippen LogP) is 2.17. The highest BCUT2D eigenvalue weighted by Crippen LogP contribution is 2.28. The van der Waals surface area contributed by atoms with E-state index in [1.165, 1.54) is 18.4 Å². The molecule has 0 radical (unpaired) electrons. The van der Waals surface area contributed by atoms with Crippen LogP contribution in [0.15, 0.2) is 40.0 Å². The highest BCUT2D eigenvalue weighted by Gasteiger charge is 2.20. The third-order valence-corrected chi connectivity index (χ3v) is 5.26. The lowest BCUT2D eigenvalue weighted by molar-refractivity contribution is 0.520. The third-order valence-electron chi connectivity index (χ3n) is 2.45. The van der Waals surface area contributed by atoms with Crippen molar-refractivity contribution in [3.05, 3.63) is 35.1 Å². The van der Waals surface area contributed by atoms with Crippen LogP contribution in [-0.2, 0) is 10.0 Å². The number of H-pyrrole nitrogens is 1. The number of aromatic amines is 1. The van der Waals surface area contributed by atoms with E-state index in [4.69, 9.17) is 0 Å². The van der Waals surface area contributed by atoms with Gasteiger partial charge in [-0.3, -0.25) is 0 Å². The Labute approximate surface area is 120 Å². The zero-order valence-corrected chi connectivity index (χ0v) is 12.8. The van der Waals surface area contributed by atoms with Crippen LogP contribution in [0.2, 0.25) is 0 Å². The summed E-state index contributed by atoms with van der Waals surface area (Å²) in [5.41, 5.74) is 0.638. The predicted molar refractivity (Wildman–Crippen MR) is 76.9 cm³/mol. The molecular formula is C11H13BrN4O2S. The van der Waals surface area contributed by atoms with Crippen molar-refractivity contribution in [2.75, 3.05) is 19.4 Å². The van der Waals surface area contributed by atoms with Crippen molar-refractivity contribution in [1.82, 2.24) is 14.3 Å². The summed E-state index contributed by atoms with van der Waals surface area (Å²) < 4.78 is 26.0. The number of halogens is 1. The van der Waals surface area contributed by atoms with E-state index in [2.05, 4.69) is 31.2 Å². The Balaban J connectivity index is 2.41. The highest BCUT2D eigenvalue weighted by atomic mass is 79.9. The molecule has 0 spiro atoms. The van der Waals surface area contributed by atoms with Gasteiger partial charge in [0.2, 0.25) is 16.0 Å². The number of benzene rings is 1. The number of nitrogens with one attached hydrogen (secondary N) is 2. The number of hydrogen-bond donors (Lipinski definition) is 2. The van der Waals surface area contributed by atoms with E-state index < -0.39 is 10.0 Å². The fourth-order valence-corrected chi connectivity index (χ4v) is 3.29. The molecule has 102 valence electrons. The van der Waals surface area contributed by atoms with Gasteiger partial charge in [-0.25, -0.2) is 17.7 Å². The first-order valence-corrected chi connectivity index (χ1v) is 7.63. The van der Waals surface area contributed by atoms with Gasteiger partial charge in [-0.2, -0.15) is 0 Å². The zero-order chi connectivity index (χ0) is 14.0. The lowest BCUT2D eigenvalue weighted by atomic mass is 10.3. The van der Waals surface area contributed by atoms with Gasteiger partial charge in [-0.15, -0.1) is 0 Å². The number of sulfonamides is 1. The topological polar surface area (TPSA) is 78.1 Å². The lowest BCUT2D eigenvalue weighted by Crippen LogP contribution is -2.22. The number of anilines is 2. The summed E-state index contributed by atoms with van der Waals surface area (Å²) in [5.74, 6) is 0.551. The van der Waals surface area contributed by atoms with Gasteiger partial charge in [-0.05, 0) is 34.1 Å². The first kappa shape index (κ1) is 14.0. The zero-order valence-electron chi connectivity index (χ0n) is 10.4. The monoisotopic (exact) mass is 344 g/mol. The molecule has 0 saturated heterocycles. The van der Waals surface area contributed by atoms with Crippen molar-refractivity contribution in [1.29, 1.82) is 0 Å². The summed E-state index contributed by atoms with van der Waals surface area (Å²) in [6.45, 7) is 0. The van der Waals surface area contributed by atoms with Crippen LogP contribution in [0, 0.1) is 0 Å². The standard InChI is InChI=1S/C11H13BrN4O2S/c1-16(2)19(17,18)10-7-8(3-4-9(10)12)15-11-13-5-6-14-11/h3-7H,1-2H3,(H2,13,14,15). The first-order chi connectivity index (χ1) is 8.91. The number of rotatable bonds is 4. The van der Waals surface area contributed by atoms with Crippen molar-refractivity contribution in [2.45, 2.75) is 4.90 Å². The van der Waals surface area contributed by atoms with E-state index in [9.17, 15) is 8.42 Å². The maximum atomic E-state index is 12.2. The molecule has 0 fully saturated rings. The minimum absolute atomic E-state index is 0.203. The third kappa shape index (κ3) is 2.96. The molecule has 2 rings (SSSR count). The average molecular weight is 345 g/mol.